The van der Waals surface area contributed by atoms with E-state index in [1.165, 1.54) is 10.6 Å². The molecule has 0 atom stereocenters. The van der Waals surface area contributed by atoms with Crippen LogP contribution in [-0.2, 0) is 4.74 Å². The summed E-state index contributed by atoms with van der Waals surface area (Å²) in [6.07, 6.45) is 5.19. The van der Waals surface area contributed by atoms with Gasteiger partial charge in [-0.25, -0.2) is 4.98 Å². The Morgan fingerprint density at radius 2 is 1.64 bits per heavy atom. The van der Waals surface area contributed by atoms with E-state index in [1.54, 1.807) is 36.8 Å². The van der Waals surface area contributed by atoms with Gasteiger partial charge in [-0.3, -0.25) is 19.1 Å². The number of para-hydroxylation sites is 1. The molecule has 6 rings (SSSR count). The van der Waals surface area contributed by atoms with E-state index in [9.17, 15) is 9.59 Å². The first-order chi connectivity index (χ1) is 19.2. The summed E-state index contributed by atoms with van der Waals surface area (Å²) >= 11 is 0. The lowest BCUT2D eigenvalue weighted by Gasteiger charge is -2.28. The topological polar surface area (TPSA) is 101 Å². The molecule has 39 heavy (non-hydrogen) atoms. The predicted octanol–water partition coefficient (Wildman–Crippen LogP) is 4.61. The van der Waals surface area contributed by atoms with E-state index in [0.717, 1.165) is 41.2 Å². The summed E-state index contributed by atoms with van der Waals surface area (Å²) in [7, 11) is 0. The van der Waals surface area contributed by atoms with Crippen molar-refractivity contribution < 1.29 is 9.53 Å². The number of anilines is 4. The van der Waals surface area contributed by atoms with Gasteiger partial charge in [0.25, 0.3) is 11.5 Å². The fourth-order valence-electron chi connectivity index (χ4n) is 4.56. The van der Waals surface area contributed by atoms with Crippen LogP contribution in [0.4, 0.5) is 22.9 Å². The molecule has 0 bridgehead atoms. The van der Waals surface area contributed by atoms with E-state index in [4.69, 9.17) is 4.74 Å². The number of hydrogen-bond donors (Lipinski definition) is 2. The molecule has 0 spiro atoms. The zero-order valence-corrected chi connectivity index (χ0v) is 21.1. The number of rotatable bonds is 6. The maximum Gasteiger partial charge on any atom is 0.267 e. The van der Waals surface area contributed by atoms with Crippen molar-refractivity contribution in [1.29, 1.82) is 0 Å². The van der Waals surface area contributed by atoms with Gasteiger partial charge in [0, 0.05) is 53.6 Å². The van der Waals surface area contributed by atoms with Crippen molar-refractivity contribution in [2.24, 2.45) is 0 Å². The minimum atomic E-state index is -0.464. The number of carbonyl (C=O) groups excluding carboxylic acids is 1. The maximum atomic E-state index is 13.0. The van der Waals surface area contributed by atoms with E-state index >= 15 is 0 Å². The Morgan fingerprint density at radius 3 is 2.44 bits per heavy atom. The number of benzene rings is 2. The summed E-state index contributed by atoms with van der Waals surface area (Å²) in [6.45, 7) is 2.98. The molecular weight excluding hydrogens is 492 g/mol. The lowest BCUT2D eigenvalue weighted by Crippen LogP contribution is -2.36. The average molecular weight is 519 g/mol. The van der Waals surface area contributed by atoms with Crippen molar-refractivity contribution in [1.82, 2.24) is 14.5 Å². The monoisotopic (exact) mass is 518 g/mol. The van der Waals surface area contributed by atoms with Crippen molar-refractivity contribution in [3.63, 3.8) is 0 Å². The van der Waals surface area contributed by atoms with Gasteiger partial charge in [0.05, 0.1) is 24.9 Å². The number of aromatic nitrogens is 3. The van der Waals surface area contributed by atoms with Crippen LogP contribution in [0.15, 0.2) is 102 Å². The van der Waals surface area contributed by atoms with Crippen LogP contribution in [-0.4, -0.2) is 46.7 Å². The van der Waals surface area contributed by atoms with Crippen molar-refractivity contribution in [3.8, 4) is 5.69 Å². The Labute approximate surface area is 224 Å². The number of morpholine rings is 1. The SMILES string of the molecule is O=C(Nc1ccc(Nc2ccnc3cnc(N4CCOCC4)cc23)cc1)c1cccn(-c2ccccc2)c1=O. The molecule has 0 saturated carbocycles. The smallest absolute Gasteiger partial charge is 0.267 e. The molecule has 9 heteroatoms. The largest absolute Gasteiger partial charge is 0.378 e. The molecule has 1 fully saturated rings. The van der Waals surface area contributed by atoms with E-state index < -0.39 is 5.91 Å². The van der Waals surface area contributed by atoms with Crippen molar-refractivity contribution in [2.75, 3.05) is 41.8 Å². The van der Waals surface area contributed by atoms with Crippen LogP contribution in [0.5, 0.6) is 0 Å². The van der Waals surface area contributed by atoms with Crippen molar-refractivity contribution >= 4 is 39.7 Å². The summed E-state index contributed by atoms with van der Waals surface area (Å²) in [5.74, 6) is 0.432. The van der Waals surface area contributed by atoms with Gasteiger partial charge in [0.1, 0.15) is 11.4 Å². The van der Waals surface area contributed by atoms with E-state index in [2.05, 4.69) is 25.5 Å². The molecule has 1 aliphatic heterocycles. The number of ether oxygens (including phenoxy) is 1. The number of pyridine rings is 3. The fourth-order valence-corrected chi connectivity index (χ4v) is 4.56. The molecule has 2 N–H and O–H groups in total. The molecule has 0 unspecified atom stereocenters. The highest BCUT2D eigenvalue weighted by atomic mass is 16.5. The Morgan fingerprint density at radius 1 is 0.872 bits per heavy atom. The first-order valence-electron chi connectivity index (χ1n) is 12.7. The second-order valence-corrected chi connectivity index (χ2v) is 9.11. The van der Waals surface area contributed by atoms with Crippen LogP contribution in [0.2, 0.25) is 0 Å². The predicted molar refractivity (Wildman–Crippen MR) is 152 cm³/mol. The van der Waals surface area contributed by atoms with Crippen LogP contribution in [0.1, 0.15) is 10.4 Å². The molecule has 3 aromatic heterocycles. The Kier molecular flexibility index (Phi) is 6.71. The van der Waals surface area contributed by atoms with Gasteiger partial charge in [-0.2, -0.15) is 0 Å². The van der Waals surface area contributed by atoms with E-state index in [0.29, 0.717) is 24.6 Å². The van der Waals surface area contributed by atoms with Crippen LogP contribution in [0.25, 0.3) is 16.6 Å². The average Bonchev–Trinajstić information content (AvgIpc) is 2.99. The van der Waals surface area contributed by atoms with E-state index in [-0.39, 0.29) is 11.1 Å². The highest BCUT2D eigenvalue weighted by molar-refractivity contribution is 6.04. The minimum absolute atomic E-state index is 0.0662. The first-order valence-corrected chi connectivity index (χ1v) is 12.7. The third-order valence-corrected chi connectivity index (χ3v) is 6.60. The molecule has 1 saturated heterocycles. The fraction of sp³-hybridized carbons (Fsp3) is 0.133. The Hall–Kier alpha value is -5.02. The van der Waals surface area contributed by atoms with Gasteiger partial charge in [0.15, 0.2) is 0 Å². The molecule has 0 radical (unpaired) electrons. The zero-order chi connectivity index (χ0) is 26.6. The molecule has 194 valence electrons. The standard InChI is InChI=1S/C30H26N6O3/c37-29(24-7-4-14-36(30(24)38)23-5-2-1-3-6-23)34-22-10-8-21(9-11-22)33-26-12-13-31-27-20-32-28(19-25(26)27)35-15-17-39-18-16-35/h1-14,19-20H,15-18H2,(H,31,33)(H,34,37). The highest BCUT2D eigenvalue weighted by Gasteiger charge is 2.15. The highest BCUT2D eigenvalue weighted by Crippen LogP contribution is 2.28. The first kappa shape index (κ1) is 24.3. The molecule has 2 aromatic carbocycles. The van der Waals surface area contributed by atoms with Gasteiger partial charge < -0.3 is 20.3 Å². The number of nitrogens with one attached hydrogen (secondary N) is 2. The minimum Gasteiger partial charge on any atom is -0.378 e. The summed E-state index contributed by atoms with van der Waals surface area (Å²) in [5, 5.41) is 7.24. The lowest BCUT2D eigenvalue weighted by molar-refractivity contribution is 0.102. The van der Waals surface area contributed by atoms with E-state index in [1.807, 2.05) is 54.6 Å². The van der Waals surface area contributed by atoms with Crippen molar-refractivity contribution in [2.45, 2.75) is 0 Å². The second-order valence-electron chi connectivity index (χ2n) is 9.11. The van der Waals surface area contributed by atoms with Gasteiger partial charge in [-0.15, -0.1) is 0 Å². The van der Waals surface area contributed by atoms with Crippen LogP contribution in [0, 0.1) is 0 Å². The van der Waals surface area contributed by atoms with Crippen LogP contribution >= 0.6 is 0 Å². The molecule has 4 heterocycles. The van der Waals surface area contributed by atoms with Gasteiger partial charge in [-0.05, 0) is 60.7 Å². The number of fused-ring (bicyclic) bond motifs is 1. The number of nitrogens with zero attached hydrogens (tertiary/aromatic N) is 4. The molecule has 5 aromatic rings. The van der Waals surface area contributed by atoms with Crippen LogP contribution < -0.4 is 21.1 Å². The lowest BCUT2D eigenvalue weighted by atomic mass is 10.2. The second kappa shape index (κ2) is 10.8. The van der Waals surface area contributed by atoms with Crippen LogP contribution in [0.3, 0.4) is 0 Å². The van der Waals surface area contributed by atoms with Gasteiger partial charge >= 0.3 is 0 Å². The molecule has 9 nitrogen and oxygen atoms in total. The Balaban J connectivity index is 1.19. The summed E-state index contributed by atoms with van der Waals surface area (Å²) in [6, 6.07) is 23.7. The number of carbonyl (C=O) groups is 1. The summed E-state index contributed by atoms with van der Waals surface area (Å²) < 4.78 is 6.92. The maximum absolute atomic E-state index is 13.0. The quantitative estimate of drug-likeness (QED) is 0.338. The molecule has 1 amide bonds. The van der Waals surface area contributed by atoms with Gasteiger partial charge in [0.2, 0.25) is 0 Å². The summed E-state index contributed by atoms with van der Waals surface area (Å²) in [4.78, 5) is 37.2. The zero-order valence-electron chi connectivity index (χ0n) is 21.1. The third-order valence-electron chi connectivity index (χ3n) is 6.60. The molecule has 1 aliphatic rings. The molecular formula is C30H26N6O3. The normalized spacial score (nSPS) is 13.3. The third kappa shape index (κ3) is 5.21. The summed E-state index contributed by atoms with van der Waals surface area (Å²) in [5.41, 5.74) is 3.51. The Bertz CT molecular complexity index is 1680. The number of amides is 1. The van der Waals surface area contributed by atoms with Crippen molar-refractivity contribution in [3.05, 3.63) is 113 Å². The molecule has 0 aliphatic carbocycles. The number of hydrogen-bond acceptors (Lipinski definition) is 7. The van der Waals surface area contributed by atoms with Gasteiger partial charge in [-0.1, -0.05) is 18.2 Å².